The minimum Gasteiger partial charge on any atom is -0.127 e. The predicted octanol–water partition coefficient (Wildman–Crippen LogP) is 7.80. The Hall–Kier alpha value is 0.170. The first-order valence-corrected chi connectivity index (χ1v) is 10.0. The lowest BCUT2D eigenvalue weighted by atomic mass is 10.1. The number of aryl methyl sites for hydroxylation is 1. The van der Waals surface area contributed by atoms with Crippen molar-refractivity contribution in [1.82, 2.24) is 0 Å². The maximum atomic E-state index is 6.06. The second-order valence-corrected chi connectivity index (χ2v) is 9.17. The first-order valence-electron chi connectivity index (χ1n) is 7.24. The Morgan fingerprint density at radius 3 is 2.50 bits per heavy atom. The molecule has 0 saturated heterocycles. The third-order valence-corrected chi connectivity index (χ3v) is 6.47. The van der Waals surface area contributed by atoms with Gasteiger partial charge in [0.15, 0.2) is 0 Å². The van der Waals surface area contributed by atoms with Crippen molar-refractivity contribution >= 4 is 50.2 Å². The number of halogens is 2. The standard InChI is InChI=1S/C16H20BrClS2/c1-2-3-4-5-6-7-8-12-11-14(17)20-16(12)13-9-10-15(18)19-13/h9-11H,2-8H2,1H3. The molecule has 0 radical (unpaired) electrons. The zero-order chi connectivity index (χ0) is 14.4. The summed E-state index contributed by atoms with van der Waals surface area (Å²) in [5, 5.41) is 0. The molecule has 0 aliphatic carbocycles. The quantitative estimate of drug-likeness (QED) is 0.403. The summed E-state index contributed by atoms with van der Waals surface area (Å²) < 4.78 is 2.09. The summed E-state index contributed by atoms with van der Waals surface area (Å²) in [5.74, 6) is 0. The van der Waals surface area contributed by atoms with Crippen molar-refractivity contribution in [3.05, 3.63) is 31.9 Å². The van der Waals surface area contributed by atoms with Crippen molar-refractivity contribution < 1.29 is 0 Å². The molecular formula is C16H20BrClS2. The van der Waals surface area contributed by atoms with Gasteiger partial charge in [0.2, 0.25) is 0 Å². The highest BCUT2D eigenvalue weighted by Crippen LogP contribution is 2.40. The van der Waals surface area contributed by atoms with E-state index in [0.29, 0.717) is 0 Å². The summed E-state index contributed by atoms with van der Waals surface area (Å²) in [6, 6.07) is 6.40. The third-order valence-electron chi connectivity index (χ3n) is 3.38. The molecule has 0 nitrogen and oxygen atoms in total. The molecule has 0 aliphatic heterocycles. The number of thiophene rings is 2. The summed E-state index contributed by atoms with van der Waals surface area (Å²) in [6.07, 6.45) is 9.27. The molecule has 0 spiro atoms. The van der Waals surface area contributed by atoms with Gasteiger partial charge >= 0.3 is 0 Å². The Balaban J connectivity index is 1.91. The Bertz CT molecular complexity index is 530. The van der Waals surface area contributed by atoms with Crippen LogP contribution in [0.25, 0.3) is 9.75 Å². The average molecular weight is 392 g/mol. The minimum absolute atomic E-state index is 0.870. The van der Waals surface area contributed by atoms with E-state index in [9.17, 15) is 0 Å². The van der Waals surface area contributed by atoms with Crippen LogP contribution in [0.15, 0.2) is 22.0 Å². The highest BCUT2D eigenvalue weighted by molar-refractivity contribution is 9.11. The van der Waals surface area contributed by atoms with Crippen molar-refractivity contribution in [3.8, 4) is 9.75 Å². The molecule has 0 saturated carbocycles. The van der Waals surface area contributed by atoms with Crippen LogP contribution in [0.2, 0.25) is 4.34 Å². The normalized spacial score (nSPS) is 11.2. The van der Waals surface area contributed by atoms with Gasteiger partial charge in [-0.3, -0.25) is 0 Å². The Morgan fingerprint density at radius 1 is 1.05 bits per heavy atom. The fraction of sp³-hybridized carbons (Fsp3) is 0.500. The lowest BCUT2D eigenvalue weighted by Crippen LogP contribution is -1.86. The van der Waals surface area contributed by atoms with Gasteiger partial charge in [-0.25, -0.2) is 0 Å². The third kappa shape index (κ3) is 4.87. The fourth-order valence-corrected chi connectivity index (χ4v) is 5.21. The second kappa shape index (κ2) is 8.57. The van der Waals surface area contributed by atoms with Crippen LogP contribution in [0.1, 0.15) is 51.0 Å². The zero-order valence-corrected chi connectivity index (χ0v) is 15.7. The SMILES string of the molecule is CCCCCCCCc1cc(Br)sc1-c1ccc(Cl)s1. The van der Waals surface area contributed by atoms with Gasteiger partial charge in [0.05, 0.1) is 8.12 Å². The van der Waals surface area contributed by atoms with Gasteiger partial charge in [0, 0.05) is 9.75 Å². The smallest absolute Gasteiger partial charge is 0.0935 e. The summed E-state index contributed by atoms with van der Waals surface area (Å²) in [6.45, 7) is 2.27. The van der Waals surface area contributed by atoms with Crippen molar-refractivity contribution in [2.45, 2.75) is 51.9 Å². The molecule has 0 aromatic carbocycles. The van der Waals surface area contributed by atoms with E-state index in [4.69, 9.17) is 11.6 Å². The summed E-state index contributed by atoms with van der Waals surface area (Å²) in [4.78, 5) is 2.69. The molecule has 2 aromatic rings. The molecule has 0 aliphatic rings. The largest absolute Gasteiger partial charge is 0.127 e. The molecule has 0 atom stereocenters. The van der Waals surface area contributed by atoms with E-state index in [-0.39, 0.29) is 0 Å². The molecule has 0 unspecified atom stereocenters. The van der Waals surface area contributed by atoms with E-state index in [0.717, 1.165) is 4.34 Å². The van der Waals surface area contributed by atoms with Gasteiger partial charge < -0.3 is 0 Å². The molecular weight excluding hydrogens is 372 g/mol. The van der Waals surface area contributed by atoms with Crippen LogP contribution in [0.5, 0.6) is 0 Å². The maximum Gasteiger partial charge on any atom is 0.0935 e. The highest BCUT2D eigenvalue weighted by Gasteiger charge is 2.11. The number of rotatable bonds is 8. The molecule has 2 aromatic heterocycles. The molecule has 0 fully saturated rings. The molecule has 4 heteroatoms. The molecule has 20 heavy (non-hydrogen) atoms. The summed E-state index contributed by atoms with van der Waals surface area (Å²) in [7, 11) is 0. The predicted molar refractivity (Wildman–Crippen MR) is 97.4 cm³/mol. The van der Waals surface area contributed by atoms with E-state index < -0.39 is 0 Å². The van der Waals surface area contributed by atoms with Crippen molar-refractivity contribution in [1.29, 1.82) is 0 Å². The van der Waals surface area contributed by atoms with Crippen LogP contribution in [-0.4, -0.2) is 0 Å². The van der Waals surface area contributed by atoms with Gasteiger partial charge in [-0.05, 0) is 52.5 Å². The Labute approximate surface area is 143 Å². The Morgan fingerprint density at radius 2 is 1.80 bits per heavy atom. The highest BCUT2D eigenvalue weighted by atomic mass is 79.9. The first-order chi connectivity index (χ1) is 9.70. The zero-order valence-electron chi connectivity index (χ0n) is 11.8. The number of unbranched alkanes of at least 4 members (excludes halogenated alkanes) is 5. The molecule has 0 bridgehead atoms. The van der Waals surface area contributed by atoms with E-state index in [1.54, 1.807) is 11.3 Å². The average Bonchev–Trinajstić information content (AvgIpc) is 3.00. The van der Waals surface area contributed by atoms with E-state index >= 15 is 0 Å². The molecule has 110 valence electrons. The molecule has 0 amide bonds. The maximum absolute atomic E-state index is 6.06. The van der Waals surface area contributed by atoms with Crippen LogP contribution in [0, 0.1) is 0 Å². The van der Waals surface area contributed by atoms with Gasteiger partial charge in [0.25, 0.3) is 0 Å². The van der Waals surface area contributed by atoms with Gasteiger partial charge in [-0.15, -0.1) is 22.7 Å². The van der Waals surface area contributed by atoms with Crippen molar-refractivity contribution in [2.75, 3.05) is 0 Å². The van der Waals surface area contributed by atoms with Crippen LogP contribution in [0.3, 0.4) is 0 Å². The van der Waals surface area contributed by atoms with Gasteiger partial charge in [0.1, 0.15) is 0 Å². The molecule has 2 rings (SSSR count). The van der Waals surface area contributed by atoms with Crippen LogP contribution < -0.4 is 0 Å². The Kier molecular flexibility index (Phi) is 7.09. The van der Waals surface area contributed by atoms with Crippen LogP contribution >= 0.6 is 50.2 Å². The lowest BCUT2D eigenvalue weighted by molar-refractivity contribution is 0.608. The van der Waals surface area contributed by atoms with Gasteiger partial charge in [-0.1, -0.05) is 50.6 Å². The monoisotopic (exact) mass is 390 g/mol. The minimum atomic E-state index is 0.870. The lowest BCUT2D eigenvalue weighted by Gasteiger charge is -2.02. The van der Waals surface area contributed by atoms with E-state index in [1.165, 1.54) is 64.0 Å². The summed E-state index contributed by atoms with van der Waals surface area (Å²) in [5.41, 5.74) is 1.47. The van der Waals surface area contributed by atoms with Crippen LogP contribution in [0.4, 0.5) is 0 Å². The van der Waals surface area contributed by atoms with Gasteiger partial charge in [-0.2, -0.15) is 0 Å². The van der Waals surface area contributed by atoms with Crippen LogP contribution in [-0.2, 0) is 6.42 Å². The second-order valence-electron chi connectivity index (χ2n) is 5.03. The number of hydrogen-bond donors (Lipinski definition) is 0. The summed E-state index contributed by atoms with van der Waals surface area (Å²) >= 11 is 13.2. The van der Waals surface area contributed by atoms with Crippen molar-refractivity contribution in [2.24, 2.45) is 0 Å². The molecule has 2 heterocycles. The fourth-order valence-electron chi connectivity index (χ4n) is 2.32. The first kappa shape index (κ1) is 16.5. The van der Waals surface area contributed by atoms with Crippen molar-refractivity contribution in [3.63, 3.8) is 0 Å². The van der Waals surface area contributed by atoms with E-state index in [2.05, 4.69) is 35.0 Å². The topological polar surface area (TPSA) is 0 Å². The number of hydrogen-bond acceptors (Lipinski definition) is 2. The van der Waals surface area contributed by atoms with E-state index in [1.807, 2.05) is 17.4 Å². The molecule has 0 N–H and O–H groups in total.